The Morgan fingerprint density at radius 3 is 1.70 bits per heavy atom. The molecule has 0 radical (unpaired) electrons. The summed E-state index contributed by atoms with van der Waals surface area (Å²) in [6.45, 7) is 22.7. The molecule has 2 unspecified atom stereocenters. The molecule has 30 nitrogen and oxygen atoms in total. The second-order valence-corrected chi connectivity index (χ2v) is 36.6. The molecule has 466 valence electrons. The van der Waals surface area contributed by atoms with Gasteiger partial charge in [0.15, 0.2) is 23.9 Å². The standard InChI is InChI=1S/C49H81N9O21P2Si2/c1-25(2)82(26(3)4,27(5)6)73-23-69-41-39(33(18-59)76-46(41)56-15-14-36(61)54-48(56)63)78-81(67,68)72-20-35-40(79-80(65,66)71-19-34-32(60)16-37(75-34)57-17-31(13)45(62)55-49(57)64)42(70-24-74-83(28(7)8,29(9)10)30(11)12)47(77-35)58-22-53-38-43(50)51-21-52-44(38)58/h14-15,17,21-22,25-30,32-35,37,39-42,46-47,59-60H,16,18-20,23-24H2,1-13H3,(H,65,66)(H,67,68)(H2,50,51,52)(H,54,61,63)(H,55,62,64)/t32-,33+,34+,35+,37+,39+,40+,41+,42+,46+,47+/m0/s1. The number of aromatic amines is 2. The van der Waals surface area contributed by atoms with Crippen LogP contribution in [0.1, 0.15) is 114 Å². The molecule has 0 amide bonds. The molecule has 34 heteroatoms. The number of phosphoric ester groups is 2. The van der Waals surface area contributed by atoms with Gasteiger partial charge in [-0.1, -0.05) is 83.1 Å². The second-order valence-electron chi connectivity index (χ2n) is 22.9. The molecule has 83 heavy (non-hydrogen) atoms. The molecule has 8 N–H and O–H groups in total. The minimum atomic E-state index is -5.46. The summed E-state index contributed by atoms with van der Waals surface area (Å²) >= 11 is 0. The third-order valence-corrected chi connectivity index (χ3v) is 30.1. The third-order valence-electron chi connectivity index (χ3n) is 16.1. The fraction of sp³-hybridized carbons (Fsp3) is 0.735. The molecule has 4 aromatic rings. The number of nitrogens with two attached hydrogens (primary N) is 1. The maximum Gasteiger partial charge on any atom is 0.472 e. The highest BCUT2D eigenvalue weighted by Gasteiger charge is 2.55. The van der Waals surface area contributed by atoms with E-state index in [-0.39, 0.29) is 62.2 Å². The number of aliphatic hydroxyl groups excluding tert-OH is 2. The largest absolute Gasteiger partial charge is 0.472 e. The Morgan fingerprint density at radius 1 is 0.687 bits per heavy atom. The number of nitrogen functional groups attached to an aromatic ring is 1. The maximum absolute atomic E-state index is 14.5. The lowest BCUT2D eigenvalue weighted by Gasteiger charge is -2.42. The predicted octanol–water partition coefficient (Wildman–Crippen LogP) is 4.33. The fourth-order valence-corrected chi connectivity index (χ4v) is 24.9. The SMILES string of the molecule is Cc1cn([C@H]2C[C@H](O)[C@@H](COP(=O)(O)O[C@H]3[C@@H](OCO[Si](C(C)C)(C(C)C)C(C)C)[C@H](n4cnc5c(N)ncnc54)O[C@@H]3COP(=O)(O)O[C@H]3[C@@H](OCO[Si](C(C)C)(C(C)C)C(C)C)[C@H](n4ccc(=O)[nH]c4=O)O[C@@H]3CO)O2)c(=O)[nH]c1=O. The molecule has 13 atom stereocenters. The van der Waals surface area contributed by atoms with Crippen LogP contribution in [0.2, 0.25) is 33.2 Å². The van der Waals surface area contributed by atoms with Crippen LogP contribution in [0.25, 0.3) is 11.2 Å². The van der Waals surface area contributed by atoms with Crippen molar-refractivity contribution in [3.8, 4) is 0 Å². The van der Waals surface area contributed by atoms with Gasteiger partial charge in [0.05, 0.1) is 32.3 Å². The van der Waals surface area contributed by atoms with Crippen molar-refractivity contribution in [1.29, 1.82) is 0 Å². The van der Waals surface area contributed by atoms with E-state index >= 15 is 0 Å². The zero-order valence-electron chi connectivity index (χ0n) is 48.8. The first-order valence-corrected chi connectivity index (χ1v) is 34.8. The van der Waals surface area contributed by atoms with Crippen molar-refractivity contribution < 1.29 is 79.8 Å². The van der Waals surface area contributed by atoms with Crippen molar-refractivity contribution in [1.82, 2.24) is 38.6 Å². The summed E-state index contributed by atoms with van der Waals surface area (Å²) in [5.74, 6) is -0.00712. The van der Waals surface area contributed by atoms with Crippen molar-refractivity contribution in [2.24, 2.45) is 0 Å². The van der Waals surface area contributed by atoms with Crippen LogP contribution < -0.4 is 28.2 Å². The number of hydrogen-bond donors (Lipinski definition) is 7. The van der Waals surface area contributed by atoms with E-state index in [0.29, 0.717) is 0 Å². The molecule has 3 aliphatic rings. The molecule has 0 saturated carbocycles. The first kappa shape index (κ1) is 66.5. The van der Waals surface area contributed by atoms with Crippen LogP contribution in [-0.4, -0.2) is 157 Å². The highest BCUT2D eigenvalue weighted by atomic mass is 31.2. The minimum Gasteiger partial charge on any atom is -0.394 e. The molecular formula is C49H81N9O21P2Si2. The molecule has 7 rings (SSSR count). The van der Waals surface area contributed by atoms with Gasteiger partial charge in [0, 0.05) is 30.4 Å². The quantitative estimate of drug-likeness (QED) is 0.0236. The molecule has 3 fully saturated rings. The molecule has 0 bridgehead atoms. The van der Waals surface area contributed by atoms with Crippen molar-refractivity contribution in [2.75, 3.05) is 39.1 Å². The van der Waals surface area contributed by atoms with Gasteiger partial charge in [0.2, 0.25) is 16.6 Å². The van der Waals surface area contributed by atoms with E-state index in [4.69, 9.17) is 56.4 Å². The van der Waals surface area contributed by atoms with Gasteiger partial charge in [0.1, 0.15) is 74.4 Å². The molecule has 3 aliphatic heterocycles. The van der Waals surface area contributed by atoms with E-state index in [0.717, 1.165) is 21.4 Å². The number of phosphoric acid groups is 2. The minimum absolute atomic E-state index is 0.00712. The number of ether oxygens (including phenoxy) is 5. The van der Waals surface area contributed by atoms with E-state index in [2.05, 4.69) is 108 Å². The van der Waals surface area contributed by atoms with Gasteiger partial charge >= 0.3 is 27.0 Å². The Kier molecular flexibility index (Phi) is 21.6. The average molecular weight is 1250 g/mol. The van der Waals surface area contributed by atoms with E-state index in [1.807, 2.05) is 0 Å². The van der Waals surface area contributed by atoms with Gasteiger partial charge in [-0.05, 0) is 40.2 Å². The number of H-pyrrole nitrogens is 2. The lowest BCUT2D eigenvalue weighted by atomic mass is 10.1. The highest BCUT2D eigenvalue weighted by Crippen LogP contribution is 2.54. The van der Waals surface area contributed by atoms with Crippen LogP contribution in [0.4, 0.5) is 5.82 Å². The Hall–Kier alpha value is -4.00. The normalized spacial score (nSPS) is 26.9. The third kappa shape index (κ3) is 14.2. The zero-order chi connectivity index (χ0) is 61.3. The number of anilines is 1. The van der Waals surface area contributed by atoms with Gasteiger partial charge in [-0.2, -0.15) is 0 Å². The summed E-state index contributed by atoms with van der Waals surface area (Å²) < 4.78 is 100. The second kappa shape index (κ2) is 27.0. The number of nitrogens with one attached hydrogen (secondary N) is 2. The highest BCUT2D eigenvalue weighted by molar-refractivity contribution is 7.47. The maximum atomic E-state index is 14.5. The van der Waals surface area contributed by atoms with Gasteiger partial charge in [0.25, 0.3) is 11.1 Å². The number of rotatable bonds is 28. The van der Waals surface area contributed by atoms with Gasteiger partial charge in [-0.15, -0.1) is 0 Å². The topological polar surface area (TPSA) is 396 Å². The van der Waals surface area contributed by atoms with Crippen LogP contribution in [0, 0.1) is 6.92 Å². The number of hydrogen-bond acceptors (Lipinski definition) is 23. The first-order valence-electron chi connectivity index (χ1n) is 27.5. The van der Waals surface area contributed by atoms with Gasteiger partial charge < -0.3 is 58.3 Å². The van der Waals surface area contributed by atoms with Crippen LogP contribution in [0.3, 0.4) is 0 Å². The Labute approximate surface area is 480 Å². The molecule has 4 aromatic heterocycles. The number of imidazole rings is 1. The zero-order valence-corrected chi connectivity index (χ0v) is 52.6. The van der Waals surface area contributed by atoms with Crippen molar-refractivity contribution in [3.05, 3.63) is 78.4 Å². The summed E-state index contributed by atoms with van der Waals surface area (Å²) in [4.78, 5) is 90.7. The Balaban J connectivity index is 1.22. The van der Waals surface area contributed by atoms with E-state index in [1.54, 1.807) is 0 Å². The summed E-state index contributed by atoms with van der Waals surface area (Å²) in [6, 6.07) is 1.05. The molecule has 0 spiro atoms. The molecule has 3 saturated heterocycles. The van der Waals surface area contributed by atoms with Crippen molar-refractivity contribution in [3.63, 3.8) is 0 Å². The number of aryl methyl sites for hydroxylation is 1. The summed E-state index contributed by atoms with van der Waals surface area (Å²) in [6.07, 6.45) is -11.6. The lowest BCUT2D eigenvalue weighted by molar-refractivity contribution is -0.115. The summed E-state index contributed by atoms with van der Waals surface area (Å²) in [5.41, 5.74) is 4.06. The Morgan fingerprint density at radius 2 is 1.18 bits per heavy atom. The molecule has 0 aromatic carbocycles. The number of aromatic nitrogens is 8. The van der Waals surface area contributed by atoms with Gasteiger partial charge in [-0.3, -0.25) is 51.4 Å². The van der Waals surface area contributed by atoms with Gasteiger partial charge in [-0.25, -0.2) is 33.7 Å². The summed E-state index contributed by atoms with van der Waals surface area (Å²) in [7, 11) is -16.2. The van der Waals surface area contributed by atoms with E-state index in [1.165, 1.54) is 30.3 Å². The number of nitrogens with zero attached hydrogens (tertiary/aromatic N) is 6. The predicted molar refractivity (Wildman–Crippen MR) is 302 cm³/mol. The van der Waals surface area contributed by atoms with Crippen LogP contribution >= 0.6 is 15.6 Å². The number of aliphatic hydroxyl groups is 2. The lowest BCUT2D eigenvalue weighted by Crippen LogP contribution is -2.49. The van der Waals surface area contributed by atoms with Crippen molar-refractivity contribution in [2.45, 2.75) is 197 Å². The van der Waals surface area contributed by atoms with Crippen LogP contribution in [-0.2, 0) is 59.8 Å². The van der Waals surface area contributed by atoms with Crippen molar-refractivity contribution >= 4 is 49.3 Å². The van der Waals surface area contributed by atoms with E-state index in [9.17, 15) is 48.3 Å². The van der Waals surface area contributed by atoms with Crippen LogP contribution in [0.15, 0.2) is 50.3 Å². The smallest absolute Gasteiger partial charge is 0.394 e. The Bertz CT molecular complexity index is 3150. The molecule has 0 aliphatic carbocycles. The van der Waals surface area contributed by atoms with Crippen LogP contribution in [0.5, 0.6) is 0 Å². The van der Waals surface area contributed by atoms with E-state index < -0.39 is 156 Å². The fourth-order valence-electron chi connectivity index (χ4n) is 12.4. The molecular weight excluding hydrogens is 1170 g/mol. The molecule has 7 heterocycles. The summed E-state index contributed by atoms with van der Waals surface area (Å²) in [5, 5.41) is 21.7. The monoisotopic (exact) mass is 1250 g/mol. The first-order chi connectivity index (χ1) is 38.9. The average Bonchev–Trinajstić information content (AvgIpc) is 2.78. The number of fused-ring (bicyclic) bond motifs is 1.